The van der Waals surface area contributed by atoms with Crippen LogP contribution in [-0.2, 0) is 27.4 Å². The first kappa shape index (κ1) is 15.8. The van der Waals surface area contributed by atoms with E-state index in [1.54, 1.807) is 6.26 Å². The Hall–Kier alpha value is -2.10. The van der Waals surface area contributed by atoms with Crippen LogP contribution in [0.5, 0.6) is 0 Å². The van der Waals surface area contributed by atoms with Gasteiger partial charge in [0.05, 0.1) is 32.2 Å². The normalized spacial score (nSPS) is 20.2. The van der Waals surface area contributed by atoms with Crippen molar-refractivity contribution in [2.75, 3.05) is 6.61 Å². The minimum absolute atomic E-state index is 0.0458. The third kappa shape index (κ3) is 5.23. The predicted octanol–water partition coefficient (Wildman–Crippen LogP) is 4.09. The van der Waals surface area contributed by atoms with E-state index in [-0.39, 0.29) is 12.2 Å². The van der Waals surface area contributed by atoms with Gasteiger partial charge in [-0.2, -0.15) is 0 Å². The first-order valence-corrected chi connectivity index (χ1v) is 7.99. The van der Waals surface area contributed by atoms with Crippen molar-refractivity contribution in [3.63, 3.8) is 0 Å². The quantitative estimate of drug-likeness (QED) is 0.771. The van der Waals surface area contributed by atoms with Crippen LogP contribution in [0.3, 0.4) is 0 Å². The van der Waals surface area contributed by atoms with Gasteiger partial charge in [-0.1, -0.05) is 60.7 Å². The van der Waals surface area contributed by atoms with Crippen molar-refractivity contribution in [3.8, 4) is 0 Å². The van der Waals surface area contributed by atoms with Crippen LogP contribution in [0.4, 0.5) is 0 Å². The molecular weight excluding hydrogens is 288 g/mol. The third-order valence-corrected chi connectivity index (χ3v) is 3.78. The Bertz CT molecular complexity index is 595. The van der Waals surface area contributed by atoms with Crippen molar-refractivity contribution in [1.82, 2.24) is 0 Å². The van der Waals surface area contributed by atoms with E-state index in [1.807, 2.05) is 42.5 Å². The molecule has 0 unspecified atom stereocenters. The third-order valence-electron chi connectivity index (χ3n) is 3.78. The number of ether oxygens (including phenoxy) is 3. The highest BCUT2D eigenvalue weighted by atomic mass is 16.5. The summed E-state index contributed by atoms with van der Waals surface area (Å²) in [7, 11) is 0. The fourth-order valence-corrected chi connectivity index (χ4v) is 2.53. The summed E-state index contributed by atoms with van der Waals surface area (Å²) >= 11 is 0. The Kier molecular flexibility index (Phi) is 5.84. The maximum Gasteiger partial charge on any atom is 0.124 e. The molecule has 120 valence electrons. The Balaban J connectivity index is 1.39. The average Bonchev–Trinajstić information content (AvgIpc) is 2.62. The molecule has 0 fully saturated rings. The molecule has 0 amide bonds. The Morgan fingerprint density at radius 1 is 0.870 bits per heavy atom. The molecule has 0 saturated heterocycles. The molecule has 0 bridgehead atoms. The number of benzene rings is 2. The maximum absolute atomic E-state index is 5.94. The van der Waals surface area contributed by atoms with Crippen molar-refractivity contribution < 1.29 is 14.2 Å². The maximum atomic E-state index is 5.94. The zero-order chi connectivity index (χ0) is 15.7. The highest BCUT2D eigenvalue weighted by Crippen LogP contribution is 2.17. The van der Waals surface area contributed by atoms with Gasteiger partial charge >= 0.3 is 0 Å². The van der Waals surface area contributed by atoms with Crippen LogP contribution < -0.4 is 0 Å². The Labute approximate surface area is 137 Å². The molecule has 1 heterocycles. The molecule has 0 aromatic heterocycles. The summed E-state index contributed by atoms with van der Waals surface area (Å²) in [6.07, 6.45) is 4.64. The highest BCUT2D eigenvalue weighted by Gasteiger charge is 2.20. The van der Waals surface area contributed by atoms with Gasteiger partial charge < -0.3 is 14.2 Å². The van der Waals surface area contributed by atoms with Crippen LogP contribution in [0.25, 0.3) is 0 Å². The summed E-state index contributed by atoms with van der Waals surface area (Å²) < 4.78 is 17.3. The summed E-state index contributed by atoms with van der Waals surface area (Å²) in [5, 5.41) is 0. The van der Waals surface area contributed by atoms with Crippen LogP contribution in [0.15, 0.2) is 73.0 Å². The summed E-state index contributed by atoms with van der Waals surface area (Å²) in [5.74, 6) is 0. The van der Waals surface area contributed by atoms with Gasteiger partial charge in [0.25, 0.3) is 0 Å². The van der Waals surface area contributed by atoms with Gasteiger partial charge in [-0.25, -0.2) is 0 Å². The van der Waals surface area contributed by atoms with E-state index >= 15 is 0 Å². The molecule has 3 rings (SSSR count). The molecule has 2 aromatic carbocycles. The van der Waals surface area contributed by atoms with E-state index in [2.05, 4.69) is 24.3 Å². The van der Waals surface area contributed by atoms with Gasteiger partial charge in [0, 0.05) is 6.42 Å². The zero-order valence-electron chi connectivity index (χ0n) is 13.1. The summed E-state index contributed by atoms with van der Waals surface area (Å²) in [4.78, 5) is 0. The molecule has 1 aliphatic rings. The summed E-state index contributed by atoms with van der Waals surface area (Å²) in [6.45, 7) is 1.80. The van der Waals surface area contributed by atoms with Crippen molar-refractivity contribution in [2.45, 2.75) is 31.8 Å². The number of hydrogen-bond acceptors (Lipinski definition) is 3. The van der Waals surface area contributed by atoms with Gasteiger partial charge in [0.15, 0.2) is 0 Å². The summed E-state index contributed by atoms with van der Waals surface area (Å²) in [6, 6.07) is 20.4. The van der Waals surface area contributed by atoms with Crippen molar-refractivity contribution in [1.29, 1.82) is 0 Å². The molecule has 2 atom stereocenters. The van der Waals surface area contributed by atoms with E-state index in [1.165, 1.54) is 11.1 Å². The predicted molar refractivity (Wildman–Crippen MR) is 89.7 cm³/mol. The molecule has 23 heavy (non-hydrogen) atoms. The van der Waals surface area contributed by atoms with Gasteiger partial charge in [-0.05, 0) is 17.2 Å². The molecule has 0 aliphatic carbocycles. The van der Waals surface area contributed by atoms with Crippen LogP contribution >= 0.6 is 0 Å². The molecule has 3 nitrogen and oxygen atoms in total. The molecule has 2 aromatic rings. The molecular formula is C20H22O3. The van der Waals surface area contributed by atoms with Gasteiger partial charge in [-0.3, -0.25) is 0 Å². The minimum atomic E-state index is 0.0458. The van der Waals surface area contributed by atoms with E-state index in [0.717, 1.165) is 6.42 Å². The first-order chi connectivity index (χ1) is 11.4. The molecule has 0 N–H and O–H groups in total. The van der Waals surface area contributed by atoms with Crippen LogP contribution in [0.1, 0.15) is 17.5 Å². The Morgan fingerprint density at radius 2 is 1.52 bits per heavy atom. The zero-order valence-corrected chi connectivity index (χ0v) is 13.1. The molecule has 3 heteroatoms. The van der Waals surface area contributed by atoms with Crippen LogP contribution in [0.2, 0.25) is 0 Å². The van der Waals surface area contributed by atoms with E-state index in [0.29, 0.717) is 19.8 Å². The summed E-state index contributed by atoms with van der Waals surface area (Å²) in [5.41, 5.74) is 2.36. The van der Waals surface area contributed by atoms with Crippen molar-refractivity contribution >= 4 is 0 Å². The van der Waals surface area contributed by atoms with E-state index in [9.17, 15) is 0 Å². The van der Waals surface area contributed by atoms with Gasteiger partial charge in [0.2, 0.25) is 0 Å². The molecule has 0 saturated carbocycles. The lowest BCUT2D eigenvalue weighted by atomic mass is 10.1. The minimum Gasteiger partial charge on any atom is -0.496 e. The lowest BCUT2D eigenvalue weighted by Gasteiger charge is -2.25. The van der Waals surface area contributed by atoms with E-state index in [4.69, 9.17) is 14.2 Å². The highest BCUT2D eigenvalue weighted by molar-refractivity contribution is 5.14. The smallest absolute Gasteiger partial charge is 0.124 e. The van der Waals surface area contributed by atoms with Crippen LogP contribution in [-0.4, -0.2) is 18.8 Å². The first-order valence-electron chi connectivity index (χ1n) is 7.99. The monoisotopic (exact) mass is 310 g/mol. The molecule has 0 spiro atoms. The standard InChI is InChI=1S/C20H22O3/c1-3-7-17(8-4-1)14-21-16-20-13-19(11-12-22-20)23-15-18-9-5-2-6-10-18/h1-12,19-20H,13-16H2/t19-,20+/m1/s1. The second-order valence-corrected chi connectivity index (χ2v) is 5.66. The second-order valence-electron chi connectivity index (χ2n) is 5.66. The van der Waals surface area contributed by atoms with Gasteiger partial charge in [0.1, 0.15) is 6.10 Å². The van der Waals surface area contributed by atoms with Crippen LogP contribution in [0, 0.1) is 0 Å². The topological polar surface area (TPSA) is 27.7 Å². The second kappa shape index (κ2) is 8.51. The lowest BCUT2D eigenvalue weighted by molar-refractivity contribution is -0.0331. The van der Waals surface area contributed by atoms with Crippen molar-refractivity contribution in [2.24, 2.45) is 0 Å². The van der Waals surface area contributed by atoms with E-state index < -0.39 is 0 Å². The fraction of sp³-hybridized carbons (Fsp3) is 0.300. The van der Waals surface area contributed by atoms with Crippen molar-refractivity contribution in [3.05, 3.63) is 84.1 Å². The number of rotatable bonds is 7. The number of hydrogen-bond donors (Lipinski definition) is 0. The Morgan fingerprint density at radius 3 is 2.22 bits per heavy atom. The fourth-order valence-electron chi connectivity index (χ4n) is 2.53. The van der Waals surface area contributed by atoms with Gasteiger partial charge in [-0.15, -0.1) is 0 Å². The lowest BCUT2D eigenvalue weighted by Crippen LogP contribution is -2.28. The molecule has 0 radical (unpaired) electrons. The SMILES string of the molecule is C1=C[C@@H](OCc2ccccc2)C[C@@H](COCc2ccccc2)O1. The largest absolute Gasteiger partial charge is 0.496 e. The molecule has 1 aliphatic heterocycles. The average molecular weight is 310 g/mol.